The second kappa shape index (κ2) is 4.59. The van der Waals surface area contributed by atoms with Crippen molar-refractivity contribution in [1.82, 2.24) is 5.01 Å². The first-order chi connectivity index (χ1) is 7.28. The molecule has 1 rings (SSSR count). The molecular weight excluding hydrogens is 203 g/mol. The van der Waals surface area contributed by atoms with E-state index in [9.17, 15) is 0 Å². The first kappa shape index (κ1) is 13.3. The molecule has 0 N–H and O–H groups in total. The SMILES string of the molecule is C=C/C=N\N(C)CB1OC(C)(C)C(C)(C)O1. The summed E-state index contributed by atoms with van der Waals surface area (Å²) in [6.07, 6.45) is 3.89. The van der Waals surface area contributed by atoms with Gasteiger partial charge in [-0.05, 0) is 33.8 Å². The molecule has 1 heterocycles. The molecule has 16 heavy (non-hydrogen) atoms. The van der Waals surface area contributed by atoms with Crippen molar-refractivity contribution >= 4 is 13.3 Å². The lowest BCUT2D eigenvalue weighted by atomic mass is 9.90. The molecule has 0 spiro atoms. The Bertz CT molecular complexity index is 274. The molecule has 0 radical (unpaired) electrons. The standard InChI is InChI=1S/C11H21BN2O2/c1-7-8-13-14(6)9-12-15-10(2,3)11(4,5)16-12/h7-8H,1,9H2,2-6H3/b13-8-. The maximum Gasteiger partial charge on any atom is 0.480 e. The third kappa shape index (κ3) is 2.86. The van der Waals surface area contributed by atoms with Gasteiger partial charge in [-0.2, -0.15) is 5.10 Å². The van der Waals surface area contributed by atoms with Gasteiger partial charge in [-0.3, -0.25) is 0 Å². The fraction of sp³-hybridized carbons (Fsp3) is 0.727. The smallest absolute Gasteiger partial charge is 0.402 e. The van der Waals surface area contributed by atoms with Gasteiger partial charge >= 0.3 is 7.12 Å². The predicted molar refractivity (Wildman–Crippen MR) is 67.4 cm³/mol. The van der Waals surface area contributed by atoms with Crippen molar-refractivity contribution in [2.75, 3.05) is 13.5 Å². The second-order valence-electron chi connectivity index (χ2n) is 5.03. The van der Waals surface area contributed by atoms with Crippen LogP contribution in [0, 0.1) is 0 Å². The average Bonchev–Trinajstić information content (AvgIpc) is 2.31. The van der Waals surface area contributed by atoms with Crippen LogP contribution in [0.5, 0.6) is 0 Å². The quantitative estimate of drug-likeness (QED) is 0.414. The van der Waals surface area contributed by atoms with Crippen LogP contribution < -0.4 is 0 Å². The van der Waals surface area contributed by atoms with E-state index in [1.54, 1.807) is 17.3 Å². The van der Waals surface area contributed by atoms with Crippen molar-refractivity contribution in [3.05, 3.63) is 12.7 Å². The van der Waals surface area contributed by atoms with Crippen molar-refractivity contribution in [3.8, 4) is 0 Å². The van der Waals surface area contributed by atoms with Gasteiger partial charge in [0.2, 0.25) is 0 Å². The van der Waals surface area contributed by atoms with E-state index in [1.165, 1.54) is 0 Å². The zero-order valence-electron chi connectivity index (χ0n) is 10.9. The monoisotopic (exact) mass is 224 g/mol. The van der Waals surface area contributed by atoms with Crippen LogP contribution in [0.3, 0.4) is 0 Å². The van der Waals surface area contributed by atoms with Crippen LogP contribution in [0.1, 0.15) is 27.7 Å². The number of rotatable bonds is 4. The molecule has 0 aromatic heterocycles. The van der Waals surface area contributed by atoms with E-state index >= 15 is 0 Å². The molecule has 0 aromatic rings. The Kier molecular flexibility index (Phi) is 3.81. The summed E-state index contributed by atoms with van der Waals surface area (Å²) in [7, 11) is 1.64. The first-order valence-corrected chi connectivity index (χ1v) is 5.50. The van der Waals surface area contributed by atoms with Crippen LogP contribution in [-0.2, 0) is 9.31 Å². The highest BCUT2D eigenvalue weighted by Gasteiger charge is 2.51. The highest BCUT2D eigenvalue weighted by Crippen LogP contribution is 2.36. The van der Waals surface area contributed by atoms with Gasteiger partial charge in [0.15, 0.2) is 0 Å². The molecule has 0 atom stereocenters. The van der Waals surface area contributed by atoms with Crippen molar-refractivity contribution < 1.29 is 9.31 Å². The first-order valence-electron chi connectivity index (χ1n) is 5.50. The van der Waals surface area contributed by atoms with Crippen molar-refractivity contribution in [2.24, 2.45) is 5.10 Å². The molecule has 0 unspecified atom stereocenters. The number of hydrogen-bond acceptors (Lipinski definition) is 4. The van der Waals surface area contributed by atoms with Gasteiger partial charge in [0.25, 0.3) is 0 Å². The van der Waals surface area contributed by atoms with E-state index in [2.05, 4.69) is 11.7 Å². The van der Waals surface area contributed by atoms with Crippen LogP contribution in [0.25, 0.3) is 0 Å². The summed E-state index contributed by atoms with van der Waals surface area (Å²) in [6, 6.07) is 0. The molecule has 90 valence electrons. The lowest BCUT2D eigenvalue weighted by Crippen LogP contribution is -2.41. The number of hydrazone groups is 1. The van der Waals surface area contributed by atoms with Crippen LogP contribution in [0.4, 0.5) is 0 Å². The Morgan fingerprint density at radius 2 is 1.75 bits per heavy atom. The summed E-state index contributed by atoms with van der Waals surface area (Å²) in [5, 5.41) is 5.91. The predicted octanol–water partition coefficient (Wildman–Crippen LogP) is 1.72. The third-order valence-corrected chi connectivity index (χ3v) is 3.08. The van der Waals surface area contributed by atoms with Gasteiger partial charge in [-0.15, -0.1) is 0 Å². The van der Waals surface area contributed by atoms with Gasteiger partial charge in [-0.1, -0.05) is 6.58 Å². The van der Waals surface area contributed by atoms with E-state index < -0.39 is 0 Å². The van der Waals surface area contributed by atoms with Crippen molar-refractivity contribution in [2.45, 2.75) is 38.9 Å². The topological polar surface area (TPSA) is 34.1 Å². The van der Waals surface area contributed by atoms with Crippen LogP contribution in [0.2, 0.25) is 0 Å². The highest BCUT2D eigenvalue weighted by atomic mass is 16.7. The van der Waals surface area contributed by atoms with E-state index in [0.29, 0.717) is 6.44 Å². The molecule has 0 aromatic carbocycles. The van der Waals surface area contributed by atoms with E-state index in [-0.39, 0.29) is 18.3 Å². The number of allylic oxidation sites excluding steroid dienone is 1. The van der Waals surface area contributed by atoms with Crippen LogP contribution >= 0.6 is 0 Å². The summed E-state index contributed by atoms with van der Waals surface area (Å²) < 4.78 is 11.7. The molecule has 0 saturated carbocycles. The van der Waals surface area contributed by atoms with Gasteiger partial charge in [0.05, 0.1) is 17.6 Å². The fourth-order valence-corrected chi connectivity index (χ4v) is 1.46. The molecule has 1 aliphatic heterocycles. The molecular formula is C11H21BN2O2. The summed E-state index contributed by atoms with van der Waals surface area (Å²) >= 11 is 0. The van der Waals surface area contributed by atoms with Crippen LogP contribution in [0.15, 0.2) is 17.8 Å². The molecule has 1 saturated heterocycles. The molecule has 1 fully saturated rings. The average molecular weight is 224 g/mol. The Morgan fingerprint density at radius 3 is 2.19 bits per heavy atom. The minimum absolute atomic E-state index is 0.239. The summed E-state index contributed by atoms with van der Waals surface area (Å²) in [5.74, 6) is 0. The van der Waals surface area contributed by atoms with Gasteiger partial charge < -0.3 is 14.3 Å². The van der Waals surface area contributed by atoms with Gasteiger partial charge in [-0.25, -0.2) is 0 Å². The molecule has 4 nitrogen and oxygen atoms in total. The van der Waals surface area contributed by atoms with E-state index in [1.807, 2.05) is 34.7 Å². The minimum atomic E-state index is -0.277. The van der Waals surface area contributed by atoms with Gasteiger partial charge in [0, 0.05) is 13.3 Å². The van der Waals surface area contributed by atoms with Crippen LogP contribution in [-0.4, -0.2) is 43.0 Å². The normalized spacial score (nSPS) is 22.7. The Hall–Kier alpha value is -0.805. The summed E-state index contributed by atoms with van der Waals surface area (Å²) in [5.41, 5.74) is -0.554. The number of nitrogens with zero attached hydrogens (tertiary/aromatic N) is 2. The highest BCUT2D eigenvalue weighted by molar-refractivity contribution is 6.45. The minimum Gasteiger partial charge on any atom is -0.402 e. The number of hydrogen-bond donors (Lipinski definition) is 0. The molecule has 0 aliphatic carbocycles. The van der Waals surface area contributed by atoms with Crippen molar-refractivity contribution in [1.29, 1.82) is 0 Å². The lowest BCUT2D eigenvalue weighted by Gasteiger charge is -2.32. The third-order valence-electron chi connectivity index (χ3n) is 3.08. The molecule has 5 heteroatoms. The fourth-order valence-electron chi connectivity index (χ4n) is 1.46. The zero-order chi connectivity index (χ0) is 12.4. The Labute approximate surface area is 98.4 Å². The van der Waals surface area contributed by atoms with Crippen molar-refractivity contribution in [3.63, 3.8) is 0 Å². The maximum atomic E-state index is 5.85. The Balaban J connectivity index is 2.54. The molecule has 0 amide bonds. The second-order valence-corrected chi connectivity index (χ2v) is 5.03. The largest absolute Gasteiger partial charge is 0.480 e. The van der Waals surface area contributed by atoms with E-state index in [4.69, 9.17) is 9.31 Å². The lowest BCUT2D eigenvalue weighted by molar-refractivity contribution is 0.00578. The molecule has 0 bridgehead atoms. The summed E-state index contributed by atoms with van der Waals surface area (Å²) in [4.78, 5) is 0. The summed E-state index contributed by atoms with van der Waals surface area (Å²) in [6.45, 7) is 11.7. The zero-order valence-corrected chi connectivity index (χ0v) is 10.9. The molecule has 1 aliphatic rings. The van der Waals surface area contributed by atoms with Gasteiger partial charge in [0.1, 0.15) is 0 Å². The van der Waals surface area contributed by atoms with E-state index in [0.717, 1.165) is 0 Å². The Morgan fingerprint density at radius 1 is 1.25 bits per heavy atom. The maximum absolute atomic E-state index is 5.85.